The normalized spacial score (nSPS) is 24.9. The number of rotatable bonds is 4. The quantitative estimate of drug-likeness (QED) is 0.864. The van der Waals surface area contributed by atoms with Crippen LogP contribution in [0.15, 0.2) is 18.2 Å². The molecular formula is C14H16F2N2O. The molecule has 0 unspecified atom stereocenters. The van der Waals surface area contributed by atoms with Crippen LogP contribution in [-0.2, 0) is 0 Å². The predicted molar refractivity (Wildman–Crippen MR) is 66.8 cm³/mol. The topological polar surface area (TPSA) is 41.1 Å². The Kier molecular flexibility index (Phi) is 3.12. The lowest BCUT2D eigenvalue weighted by Gasteiger charge is -2.07. The summed E-state index contributed by atoms with van der Waals surface area (Å²) in [6.07, 6.45) is 2.94. The van der Waals surface area contributed by atoms with E-state index in [2.05, 4.69) is 10.6 Å². The second kappa shape index (κ2) is 4.79. The molecule has 102 valence electrons. The van der Waals surface area contributed by atoms with Gasteiger partial charge in [-0.15, -0.1) is 0 Å². The number of amides is 2. The molecule has 19 heavy (non-hydrogen) atoms. The Hall–Kier alpha value is -1.65. The summed E-state index contributed by atoms with van der Waals surface area (Å²) in [5.74, 6) is -0.696. The van der Waals surface area contributed by atoms with Gasteiger partial charge in [-0.1, -0.05) is 6.07 Å². The van der Waals surface area contributed by atoms with Gasteiger partial charge in [0.1, 0.15) is 11.6 Å². The van der Waals surface area contributed by atoms with Crippen LogP contribution < -0.4 is 10.6 Å². The van der Waals surface area contributed by atoms with Crippen molar-refractivity contribution in [3.8, 4) is 0 Å². The van der Waals surface area contributed by atoms with Gasteiger partial charge in [0.15, 0.2) is 0 Å². The molecule has 0 aromatic heterocycles. The Morgan fingerprint density at radius 1 is 1.26 bits per heavy atom. The van der Waals surface area contributed by atoms with Crippen LogP contribution >= 0.6 is 0 Å². The highest BCUT2D eigenvalue weighted by atomic mass is 19.1. The van der Waals surface area contributed by atoms with Crippen LogP contribution in [0.2, 0.25) is 0 Å². The molecule has 0 heterocycles. The summed E-state index contributed by atoms with van der Waals surface area (Å²) < 4.78 is 27.1. The number of benzene rings is 1. The van der Waals surface area contributed by atoms with E-state index >= 15 is 0 Å². The van der Waals surface area contributed by atoms with Gasteiger partial charge in [-0.3, -0.25) is 0 Å². The second-order valence-electron chi connectivity index (χ2n) is 5.38. The van der Waals surface area contributed by atoms with Gasteiger partial charge in [-0.25, -0.2) is 13.6 Å². The maximum absolute atomic E-state index is 13.5. The van der Waals surface area contributed by atoms with Crippen LogP contribution in [-0.4, -0.2) is 18.6 Å². The molecule has 1 aromatic rings. The molecule has 0 bridgehead atoms. The first kappa shape index (κ1) is 12.4. The number of hydrogen-bond donors (Lipinski definition) is 2. The number of carbonyl (C=O) groups excluding carboxylic acids is 1. The number of urea groups is 1. The van der Waals surface area contributed by atoms with Crippen LogP contribution in [0.4, 0.5) is 13.6 Å². The van der Waals surface area contributed by atoms with Crippen LogP contribution in [0.3, 0.4) is 0 Å². The van der Waals surface area contributed by atoms with Gasteiger partial charge in [-0.05, 0) is 37.3 Å². The van der Waals surface area contributed by atoms with Crippen molar-refractivity contribution >= 4 is 6.03 Å². The van der Waals surface area contributed by atoms with Gasteiger partial charge < -0.3 is 10.6 Å². The molecule has 2 atom stereocenters. The van der Waals surface area contributed by atoms with Crippen molar-refractivity contribution in [2.45, 2.75) is 31.2 Å². The van der Waals surface area contributed by atoms with Crippen molar-refractivity contribution in [2.75, 3.05) is 6.54 Å². The molecule has 2 N–H and O–H groups in total. The molecule has 2 fully saturated rings. The first-order chi connectivity index (χ1) is 9.15. The maximum Gasteiger partial charge on any atom is 0.315 e. The fraction of sp³-hybridized carbons (Fsp3) is 0.500. The van der Waals surface area contributed by atoms with E-state index in [-0.39, 0.29) is 23.6 Å². The average Bonchev–Trinajstić information content (AvgIpc) is 3.23. The lowest BCUT2D eigenvalue weighted by molar-refractivity contribution is 0.240. The third-order valence-corrected chi connectivity index (χ3v) is 3.73. The lowest BCUT2D eigenvalue weighted by Crippen LogP contribution is -2.38. The minimum absolute atomic E-state index is 0.0926. The summed E-state index contributed by atoms with van der Waals surface area (Å²) in [5, 5.41) is 5.54. The molecular weight excluding hydrogens is 250 g/mol. The molecule has 3 rings (SSSR count). The molecule has 0 aliphatic heterocycles. The molecule has 0 saturated heterocycles. The molecule has 2 aliphatic carbocycles. The molecule has 1 aromatic carbocycles. The van der Waals surface area contributed by atoms with Gasteiger partial charge in [0.2, 0.25) is 0 Å². The fourth-order valence-electron chi connectivity index (χ4n) is 2.32. The third-order valence-electron chi connectivity index (χ3n) is 3.73. The van der Waals surface area contributed by atoms with Crippen LogP contribution in [0, 0.1) is 17.6 Å². The minimum Gasteiger partial charge on any atom is -0.338 e. The zero-order chi connectivity index (χ0) is 13.4. The van der Waals surface area contributed by atoms with Crippen LogP contribution in [0.5, 0.6) is 0 Å². The van der Waals surface area contributed by atoms with Crippen LogP contribution in [0.1, 0.15) is 30.7 Å². The fourth-order valence-corrected chi connectivity index (χ4v) is 2.32. The van der Waals surface area contributed by atoms with E-state index in [1.165, 1.54) is 31.0 Å². The molecule has 2 amide bonds. The highest BCUT2D eigenvalue weighted by Crippen LogP contribution is 2.43. The third kappa shape index (κ3) is 2.85. The lowest BCUT2D eigenvalue weighted by atomic mass is 10.1. The Balaban J connectivity index is 1.54. The number of halogens is 2. The van der Waals surface area contributed by atoms with Gasteiger partial charge in [-0.2, -0.15) is 0 Å². The minimum atomic E-state index is -0.535. The Morgan fingerprint density at radius 2 is 1.95 bits per heavy atom. The first-order valence-corrected chi connectivity index (χ1v) is 6.63. The average molecular weight is 266 g/mol. The predicted octanol–water partition coefficient (Wildman–Crippen LogP) is 2.53. The Morgan fingerprint density at radius 3 is 2.58 bits per heavy atom. The number of hydrogen-bond acceptors (Lipinski definition) is 1. The van der Waals surface area contributed by atoms with E-state index < -0.39 is 11.6 Å². The summed E-state index contributed by atoms with van der Waals surface area (Å²) >= 11 is 0. The molecule has 5 heteroatoms. The monoisotopic (exact) mass is 266 g/mol. The zero-order valence-corrected chi connectivity index (χ0v) is 10.5. The Labute approximate surface area is 110 Å². The summed E-state index contributed by atoms with van der Waals surface area (Å²) in [7, 11) is 0. The van der Waals surface area contributed by atoms with E-state index in [0.29, 0.717) is 18.9 Å². The number of nitrogens with one attached hydrogen (secondary N) is 2. The highest BCUT2D eigenvalue weighted by Gasteiger charge is 2.42. The molecule has 2 aliphatic rings. The highest BCUT2D eigenvalue weighted by molar-refractivity contribution is 5.75. The van der Waals surface area contributed by atoms with Gasteiger partial charge in [0.25, 0.3) is 0 Å². The van der Waals surface area contributed by atoms with E-state index in [4.69, 9.17) is 0 Å². The van der Waals surface area contributed by atoms with Gasteiger partial charge in [0.05, 0.1) is 0 Å². The number of carbonyl (C=O) groups is 1. The summed E-state index contributed by atoms with van der Waals surface area (Å²) in [4.78, 5) is 11.6. The Bertz CT molecular complexity index is 482. The van der Waals surface area contributed by atoms with Crippen molar-refractivity contribution in [1.29, 1.82) is 0 Å². The van der Waals surface area contributed by atoms with Crippen molar-refractivity contribution in [3.63, 3.8) is 0 Å². The molecule has 0 radical (unpaired) electrons. The SMILES string of the molecule is O=C(NCC1CC1)N[C@H]1C[C@H]1c1c(F)cccc1F. The van der Waals surface area contributed by atoms with Crippen LogP contribution in [0.25, 0.3) is 0 Å². The van der Waals surface area contributed by atoms with E-state index in [1.54, 1.807) is 0 Å². The standard InChI is InChI=1S/C14H16F2N2O/c15-10-2-1-3-11(16)13(10)9-6-12(9)18-14(19)17-7-8-4-5-8/h1-3,8-9,12H,4-7H2,(H2,17,18,19)/t9-,12+/m1/s1. The maximum atomic E-state index is 13.5. The largest absolute Gasteiger partial charge is 0.338 e. The van der Waals surface area contributed by atoms with Gasteiger partial charge in [0, 0.05) is 24.1 Å². The van der Waals surface area contributed by atoms with E-state index in [9.17, 15) is 13.6 Å². The van der Waals surface area contributed by atoms with Crippen molar-refractivity contribution in [3.05, 3.63) is 35.4 Å². The summed E-state index contributed by atoms with van der Waals surface area (Å²) in [6.45, 7) is 0.692. The summed E-state index contributed by atoms with van der Waals surface area (Å²) in [6, 6.07) is 3.45. The molecule has 2 saturated carbocycles. The molecule has 3 nitrogen and oxygen atoms in total. The first-order valence-electron chi connectivity index (χ1n) is 6.63. The van der Waals surface area contributed by atoms with Gasteiger partial charge >= 0.3 is 6.03 Å². The van der Waals surface area contributed by atoms with Crippen molar-refractivity contribution < 1.29 is 13.6 Å². The smallest absolute Gasteiger partial charge is 0.315 e. The second-order valence-corrected chi connectivity index (χ2v) is 5.38. The molecule has 0 spiro atoms. The van der Waals surface area contributed by atoms with Crippen molar-refractivity contribution in [1.82, 2.24) is 10.6 Å². The van der Waals surface area contributed by atoms with E-state index in [1.807, 2.05) is 0 Å². The summed E-state index contributed by atoms with van der Waals surface area (Å²) in [5.41, 5.74) is 0.0926. The zero-order valence-electron chi connectivity index (χ0n) is 10.5. The van der Waals surface area contributed by atoms with E-state index in [0.717, 1.165) is 0 Å². The van der Waals surface area contributed by atoms with Crippen molar-refractivity contribution in [2.24, 2.45) is 5.92 Å².